The van der Waals surface area contributed by atoms with E-state index in [2.05, 4.69) is 26.6 Å². The highest BCUT2D eigenvalue weighted by Crippen LogP contribution is 2.29. The number of nitrogens with zero attached hydrogens (tertiary/aromatic N) is 3. The second-order valence-electron chi connectivity index (χ2n) is 6.53. The van der Waals surface area contributed by atoms with Crippen LogP contribution in [0.3, 0.4) is 0 Å². The van der Waals surface area contributed by atoms with E-state index in [0.717, 1.165) is 26.9 Å². The van der Waals surface area contributed by atoms with Gasteiger partial charge in [0.05, 0.1) is 12.7 Å². The molecule has 28 heavy (non-hydrogen) atoms. The van der Waals surface area contributed by atoms with E-state index in [1.165, 1.54) is 11.3 Å². The minimum absolute atomic E-state index is 0.132. The number of anilines is 1. The zero-order chi connectivity index (χ0) is 19.3. The first-order chi connectivity index (χ1) is 13.7. The molecule has 0 amide bonds. The van der Waals surface area contributed by atoms with Gasteiger partial charge < -0.3 is 15.5 Å². The molecule has 2 aromatic heterocycles. The SMILES string of the molecule is OCC(CNc1nnc(-c2ccc3cnccc3c2)s1)[C@@H](O)c1ccccc1. The number of nitrogens with one attached hydrogen (secondary N) is 1. The van der Waals surface area contributed by atoms with Gasteiger partial charge in [0, 0.05) is 35.8 Å². The van der Waals surface area contributed by atoms with E-state index in [1.54, 1.807) is 6.20 Å². The Balaban J connectivity index is 1.45. The first-order valence-corrected chi connectivity index (χ1v) is 9.81. The van der Waals surface area contributed by atoms with Gasteiger partial charge >= 0.3 is 0 Å². The fourth-order valence-electron chi connectivity index (χ4n) is 3.04. The lowest BCUT2D eigenvalue weighted by atomic mass is 9.96. The number of hydrogen-bond donors (Lipinski definition) is 3. The third-order valence-electron chi connectivity index (χ3n) is 4.65. The lowest BCUT2D eigenvalue weighted by Crippen LogP contribution is -2.24. The fraction of sp³-hybridized carbons (Fsp3) is 0.190. The molecule has 142 valence electrons. The van der Waals surface area contributed by atoms with Crippen molar-refractivity contribution >= 4 is 27.2 Å². The Kier molecular flexibility index (Phi) is 5.57. The molecular weight excluding hydrogens is 372 g/mol. The van der Waals surface area contributed by atoms with Crippen LogP contribution in [0.1, 0.15) is 11.7 Å². The molecule has 6 nitrogen and oxygen atoms in total. The summed E-state index contributed by atoms with van der Waals surface area (Å²) in [5.41, 5.74) is 1.78. The van der Waals surface area contributed by atoms with Gasteiger partial charge in [0.2, 0.25) is 5.13 Å². The monoisotopic (exact) mass is 392 g/mol. The lowest BCUT2D eigenvalue weighted by molar-refractivity contribution is 0.0737. The van der Waals surface area contributed by atoms with Crippen LogP contribution in [0, 0.1) is 5.92 Å². The van der Waals surface area contributed by atoms with Gasteiger partial charge in [0.15, 0.2) is 0 Å². The number of aromatic nitrogens is 3. The number of benzene rings is 2. The van der Waals surface area contributed by atoms with E-state index < -0.39 is 6.10 Å². The van der Waals surface area contributed by atoms with E-state index in [0.29, 0.717) is 11.7 Å². The van der Waals surface area contributed by atoms with Crippen LogP contribution in [0.5, 0.6) is 0 Å². The van der Waals surface area contributed by atoms with Gasteiger partial charge in [-0.1, -0.05) is 53.8 Å². The number of rotatable bonds is 7. The summed E-state index contributed by atoms with van der Waals surface area (Å²) in [5.74, 6) is -0.345. The average molecular weight is 392 g/mol. The summed E-state index contributed by atoms with van der Waals surface area (Å²) in [5, 5.41) is 35.5. The second kappa shape index (κ2) is 8.43. The molecule has 2 aromatic carbocycles. The van der Waals surface area contributed by atoms with Crippen LogP contribution < -0.4 is 5.32 Å². The Morgan fingerprint density at radius 1 is 1.00 bits per heavy atom. The summed E-state index contributed by atoms with van der Waals surface area (Å²) < 4.78 is 0. The standard InChI is InChI=1S/C21H20N4O2S/c26-13-18(19(27)14-4-2-1-3-5-14)12-23-21-25-24-20(28-21)16-6-7-17-11-22-9-8-15(17)10-16/h1-11,18-19,26-27H,12-13H2,(H,23,25)/t18?,19-/m0/s1. The zero-order valence-electron chi connectivity index (χ0n) is 15.1. The van der Waals surface area contributed by atoms with Crippen LogP contribution in [-0.2, 0) is 0 Å². The minimum Gasteiger partial charge on any atom is -0.396 e. The Bertz CT molecular complexity index is 1050. The molecule has 0 bridgehead atoms. The summed E-state index contributed by atoms with van der Waals surface area (Å²) >= 11 is 1.44. The Morgan fingerprint density at radius 2 is 1.86 bits per heavy atom. The lowest BCUT2D eigenvalue weighted by Gasteiger charge is -2.21. The van der Waals surface area contributed by atoms with Crippen molar-refractivity contribution in [3.05, 3.63) is 72.6 Å². The van der Waals surface area contributed by atoms with Gasteiger partial charge in [-0.15, -0.1) is 10.2 Å². The van der Waals surface area contributed by atoms with Gasteiger partial charge in [-0.25, -0.2) is 0 Å². The third kappa shape index (κ3) is 4.01. The highest BCUT2D eigenvalue weighted by atomic mass is 32.1. The topological polar surface area (TPSA) is 91.2 Å². The van der Waals surface area contributed by atoms with Crippen molar-refractivity contribution in [2.75, 3.05) is 18.5 Å². The molecule has 0 fully saturated rings. The predicted octanol–water partition coefficient (Wildman–Crippen LogP) is 3.51. The van der Waals surface area contributed by atoms with E-state index in [1.807, 2.05) is 54.7 Å². The summed E-state index contributed by atoms with van der Waals surface area (Å²) in [4.78, 5) is 4.13. The molecule has 0 spiro atoms. The van der Waals surface area contributed by atoms with Crippen molar-refractivity contribution < 1.29 is 10.2 Å². The molecule has 7 heteroatoms. The molecule has 3 N–H and O–H groups in total. The first kappa shape index (κ1) is 18.5. The summed E-state index contributed by atoms with van der Waals surface area (Å²) in [7, 11) is 0. The number of aliphatic hydroxyl groups is 2. The maximum Gasteiger partial charge on any atom is 0.206 e. The summed E-state index contributed by atoms with van der Waals surface area (Å²) in [6.45, 7) is 0.262. The van der Waals surface area contributed by atoms with Gasteiger partial charge in [-0.05, 0) is 23.1 Å². The van der Waals surface area contributed by atoms with Crippen LogP contribution >= 0.6 is 11.3 Å². The average Bonchev–Trinajstić information content (AvgIpc) is 3.23. The molecule has 1 unspecified atom stereocenters. The van der Waals surface area contributed by atoms with Crippen LogP contribution in [0.2, 0.25) is 0 Å². The van der Waals surface area contributed by atoms with E-state index in [-0.39, 0.29) is 12.5 Å². The van der Waals surface area contributed by atoms with E-state index in [4.69, 9.17) is 0 Å². The molecule has 0 aliphatic rings. The Labute approximate surface area is 166 Å². The quantitative estimate of drug-likeness (QED) is 0.446. The van der Waals surface area contributed by atoms with Crippen molar-refractivity contribution in [3.63, 3.8) is 0 Å². The maximum absolute atomic E-state index is 10.5. The van der Waals surface area contributed by atoms with E-state index in [9.17, 15) is 10.2 Å². The van der Waals surface area contributed by atoms with Crippen molar-refractivity contribution in [3.8, 4) is 10.6 Å². The Morgan fingerprint density at radius 3 is 2.68 bits per heavy atom. The summed E-state index contributed by atoms with van der Waals surface area (Å²) in [6, 6.07) is 17.4. The molecule has 4 rings (SSSR count). The number of fused-ring (bicyclic) bond motifs is 1. The molecule has 2 heterocycles. The van der Waals surface area contributed by atoms with Crippen LogP contribution in [-0.4, -0.2) is 38.5 Å². The zero-order valence-corrected chi connectivity index (χ0v) is 15.9. The van der Waals surface area contributed by atoms with Crippen molar-refractivity contribution in [2.24, 2.45) is 5.92 Å². The first-order valence-electron chi connectivity index (χ1n) is 9.00. The second-order valence-corrected chi connectivity index (χ2v) is 7.51. The molecule has 4 aromatic rings. The fourth-order valence-corrected chi connectivity index (χ4v) is 3.79. The highest BCUT2D eigenvalue weighted by molar-refractivity contribution is 7.18. The third-order valence-corrected chi connectivity index (χ3v) is 5.58. The number of hydrogen-bond acceptors (Lipinski definition) is 7. The molecule has 2 atom stereocenters. The van der Waals surface area contributed by atoms with Crippen LogP contribution in [0.15, 0.2) is 67.0 Å². The number of pyridine rings is 1. The van der Waals surface area contributed by atoms with Crippen molar-refractivity contribution in [2.45, 2.75) is 6.10 Å². The molecule has 0 saturated carbocycles. The number of aliphatic hydroxyl groups excluding tert-OH is 2. The van der Waals surface area contributed by atoms with E-state index >= 15 is 0 Å². The largest absolute Gasteiger partial charge is 0.396 e. The molecular formula is C21H20N4O2S. The van der Waals surface area contributed by atoms with Gasteiger partial charge in [-0.2, -0.15) is 0 Å². The van der Waals surface area contributed by atoms with Crippen molar-refractivity contribution in [1.82, 2.24) is 15.2 Å². The minimum atomic E-state index is -0.750. The van der Waals surface area contributed by atoms with Gasteiger partial charge in [-0.3, -0.25) is 4.98 Å². The Hall–Kier alpha value is -2.87. The highest BCUT2D eigenvalue weighted by Gasteiger charge is 2.20. The smallest absolute Gasteiger partial charge is 0.206 e. The molecule has 0 aliphatic heterocycles. The molecule has 0 aliphatic carbocycles. The van der Waals surface area contributed by atoms with Crippen LogP contribution in [0.25, 0.3) is 21.3 Å². The molecule has 0 saturated heterocycles. The summed E-state index contributed by atoms with van der Waals surface area (Å²) in [6.07, 6.45) is 2.85. The molecule has 0 radical (unpaired) electrons. The normalized spacial score (nSPS) is 13.4. The van der Waals surface area contributed by atoms with Gasteiger partial charge in [0.25, 0.3) is 0 Å². The van der Waals surface area contributed by atoms with Gasteiger partial charge in [0.1, 0.15) is 5.01 Å². The predicted molar refractivity (Wildman–Crippen MR) is 111 cm³/mol. The van der Waals surface area contributed by atoms with Crippen LogP contribution in [0.4, 0.5) is 5.13 Å². The van der Waals surface area contributed by atoms with Crippen molar-refractivity contribution in [1.29, 1.82) is 0 Å². The maximum atomic E-state index is 10.5.